The molecule has 6 heterocycles. The molecule has 0 bridgehead atoms. The van der Waals surface area contributed by atoms with Gasteiger partial charge in [-0.2, -0.15) is 0 Å². The van der Waals surface area contributed by atoms with Gasteiger partial charge in [0.05, 0.1) is 0 Å². The Bertz CT molecular complexity index is 1010. The minimum absolute atomic E-state index is 0. The summed E-state index contributed by atoms with van der Waals surface area (Å²) in [5.74, 6) is 0. The molecule has 0 aliphatic rings. The Morgan fingerprint density at radius 3 is 0.677 bits per heavy atom. The summed E-state index contributed by atoms with van der Waals surface area (Å²) in [6, 6.07) is 23.4. The Kier molecular flexibility index (Phi) is 8.66. The summed E-state index contributed by atoms with van der Waals surface area (Å²) < 4.78 is 0. The molecule has 0 fully saturated rings. The van der Waals surface area contributed by atoms with Gasteiger partial charge < -0.3 is 0 Å². The zero-order valence-corrected chi connectivity index (χ0v) is 20.3. The van der Waals surface area contributed by atoms with Crippen molar-refractivity contribution in [1.82, 2.24) is 29.9 Å². The van der Waals surface area contributed by atoms with E-state index in [0.717, 1.165) is 33.1 Å². The number of rotatable bonds is 0. The third-order valence-electron chi connectivity index (χ3n) is 4.13. The van der Waals surface area contributed by atoms with Crippen molar-refractivity contribution in [2.24, 2.45) is 0 Å². The molecule has 0 aliphatic heterocycles. The van der Waals surface area contributed by atoms with Crippen LogP contribution in [0.2, 0.25) is 0 Å². The van der Waals surface area contributed by atoms with Gasteiger partial charge in [-0.3, -0.25) is 0 Å². The van der Waals surface area contributed by atoms with Gasteiger partial charge in [0, 0.05) is 88.9 Å². The van der Waals surface area contributed by atoms with Crippen molar-refractivity contribution < 1.29 is 35.6 Å². The van der Waals surface area contributed by atoms with E-state index in [1.54, 1.807) is 37.2 Å². The Morgan fingerprint density at radius 2 is 0.516 bits per heavy atom. The van der Waals surface area contributed by atoms with Crippen LogP contribution in [0.5, 0.6) is 0 Å². The van der Waals surface area contributed by atoms with Gasteiger partial charge in [-0.25, -0.2) is 29.9 Å². The minimum Gasteiger partial charge on any atom is -0.237 e. The van der Waals surface area contributed by atoms with Gasteiger partial charge in [0.25, 0.3) is 0 Å². The van der Waals surface area contributed by atoms with Gasteiger partial charge >= 0.3 is 0 Å². The van der Waals surface area contributed by atoms with Gasteiger partial charge in [0.1, 0.15) is 0 Å². The summed E-state index contributed by atoms with van der Waals surface area (Å²) in [6.07, 6.45) is 10.5. The number of pyridine rings is 6. The maximum atomic E-state index is 4.07. The third kappa shape index (κ3) is 6.42. The summed E-state index contributed by atoms with van der Waals surface area (Å²) >= 11 is 0. The second-order valence-electron chi connectivity index (χ2n) is 6.16. The first-order chi connectivity index (χ1) is 14.9. The second-order valence-corrected chi connectivity index (χ2v) is 6.16. The van der Waals surface area contributed by atoms with Gasteiger partial charge in [-0.05, 0) is 72.8 Å². The molecule has 0 saturated heterocycles. The smallest absolute Gasteiger partial charge is 0.159 e. The maximum Gasteiger partial charge on any atom is 0.159 e. The maximum absolute atomic E-state index is 4.07. The quantitative estimate of drug-likeness (QED) is 0.279. The molecule has 6 aromatic rings. The molecule has 7 heteroatoms. The van der Waals surface area contributed by atoms with Gasteiger partial charge in [0.2, 0.25) is 0 Å². The third-order valence-corrected chi connectivity index (χ3v) is 4.13. The molecule has 0 amide bonds. The van der Waals surface area contributed by atoms with Crippen LogP contribution in [0.25, 0.3) is 33.1 Å². The predicted octanol–water partition coefficient (Wildman–Crippen LogP) is 4.89. The van der Waals surface area contributed by atoms with Gasteiger partial charge in [-0.15, -0.1) is 0 Å². The van der Waals surface area contributed by atoms with Crippen molar-refractivity contribution in [3.8, 4) is 0 Å². The molecular weight excluding hydrogens is 511 g/mol. The molecular formula is C24H18LaN6. The van der Waals surface area contributed by atoms with Crippen LogP contribution in [0.4, 0.5) is 0 Å². The number of hydrogen-bond donors (Lipinski definition) is 0. The van der Waals surface area contributed by atoms with Crippen LogP contribution in [-0.2, 0) is 0 Å². The Balaban J connectivity index is 0.000000130. The Labute approximate surface area is 207 Å². The summed E-state index contributed by atoms with van der Waals surface area (Å²) in [5, 5.41) is 3.26. The number of aromatic nitrogens is 6. The van der Waals surface area contributed by atoms with E-state index in [9.17, 15) is 0 Å². The van der Waals surface area contributed by atoms with E-state index < -0.39 is 0 Å². The molecule has 0 unspecified atom stereocenters. The SMILES string of the molecule is [La].c1cnc2ncccc2c1.c1cnc2ncccc2c1.c1cnc2ncccc2c1. The minimum atomic E-state index is 0. The molecule has 0 atom stereocenters. The Morgan fingerprint density at radius 1 is 0.323 bits per heavy atom. The largest absolute Gasteiger partial charge is 0.237 e. The van der Waals surface area contributed by atoms with E-state index in [1.807, 2.05) is 72.8 Å². The summed E-state index contributed by atoms with van der Waals surface area (Å²) in [5.41, 5.74) is 2.43. The van der Waals surface area contributed by atoms with Crippen molar-refractivity contribution in [1.29, 1.82) is 0 Å². The molecule has 0 saturated carbocycles. The fourth-order valence-corrected chi connectivity index (χ4v) is 2.72. The summed E-state index contributed by atoms with van der Waals surface area (Å²) in [7, 11) is 0. The normalized spacial score (nSPS) is 9.68. The van der Waals surface area contributed by atoms with Crippen LogP contribution in [0.15, 0.2) is 110 Å². The topological polar surface area (TPSA) is 77.3 Å². The van der Waals surface area contributed by atoms with Crippen LogP contribution < -0.4 is 0 Å². The summed E-state index contributed by atoms with van der Waals surface area (Å²) in [4.78, 5) is 24.4. The summed E-state index contributed by atoms with van der Waals surface area (Å²) in [6.45, 7) is 0. The first-order valence-electron chi connectivity index (χ1n) is 9.37. The van der Waals surface area contributed by atoms with Gasteiger partial charge in [0.15, 0.2) is 16.9 Å². The van der Waals surface area contributed by atoms with Gasteiger partial charge in [-0.1, -0.05) is 0 Å². The van der Waals surface area contributed by atoms with Crippen LogP contribution in [0, 0.1) is 35.6 Å². The average Bonchev–Trinajstić information content (AvgIpc) is 2.85. The number of nitrogens with zero attached hydrogens (tertiary/aromatic N) is 6. The predicted molar refractivity (Wildman–Crippen MR) is 119 cm³/mol. The number of hydrogen-bond acceptors (Lipinski definition) is 6. The molecule has 147 valence electrons. The van der Waals surface area contributed by atoms with E-state index in [-0.39, 0.29) is 35.6 Å². The van der Waals surface area contributed by atoms with Crippen molar-refractivity contribution in [2.75, 3.05) is 0 Å². The zero-order valence-electron chi connectivity index (χ0n) is 16.7. The van der Waals surface area contributed by atoms with Crippen molar-refractivity contribution in [3.05, 3.63) is 110 Å². The first kappa shape index (κ1) is 22.6. The van der Waals surface area contributed by atoms with E-state index in [0.29, 0.717) is 0 Å². The monoisotopic (exact) mass is 529 g/mol. The van der Waals surface area contributed by atoms with Crippen LogP contribution in [0.3, 0.4) is 0 Å². The van der Waals surface area contributed by atoms with Crippen molar-refractivity contribution >= 4 is 33.1 Å². The van der Waals surface area contributed by atoms with E-state index in [4.69, 9.17) is 0 Å². The van der Waals surface area contributed by atoms with Crippen molar-refractivity contribution in [3.63, 3.8) is 0 Å². The molecule has 0 aliphatic carbocycles. The fourth-order valence-electron chi connectivity index (χ4n) is 2.72. The molecule has 6 aromatic heterocycles. The van der Waals surface area contributed by atoms with E-state index in [1.165, 1.54) is 0 Å². The van der Waals surface area contributed by atoms with Crippen LogP contribution in [0.1, 0.15) is 0 Å². The molecule has 1 radical (unpaired) electrons. The van der Waals surface area contributed by atoms with E-state index in [2.05, 4.69) is 29.9 Å². The average molecular weight is 529 g/mol. The molecule has 31 heavy (non-hydrogen) atoms. The molecule has 0 N–H and O–H groups in total. The Hall–Kier alpha value is -3.13. The standard InChI is InChI=1S/3C8H6N2.La/c3*1-3-7-4-2-6-10-8(7)9-5-1;/h3*1-6H;. The van der Waals surface area contributed by atoms with Crippen molar-refractivity contribution in [2.45, 2.75) is 0 Å². The molecule has 0 spiro atoms. The fraction of sp³-hybridized carbons (Fsp3) is 0. The van der Waals surface area contributed by atoms with Crippen LogP contribution in [-0.4, -0.2) is 29.9 Å². The zero-order chi connectivity index (χ0) is 20.4. The molecule has 6 rings (SSSR count). The van der Waals surface area contributed by atoms with E-state index >= 15 is 0 Å². The second kappa shape index (κ2) is 11.9. The number of fused-ring (bicyclic) bond motifs is 3. The molecule has 0 aromatic carbocycles. The van der Waals surface area contributed by atoms with Crippen LogP contribution >= 0.6 is 0 Å². The molecule has 6 nitrogen and oxygen atoms in total. The first-order valence-corrected chi connectivity index (χ1v) is 9.37.